The Morgan fingerprint density at radius 3 is 2.23 bits per heavy atom. The summed E-state index contributed by atoms with van der Waals surface area (Å²) in [6.45, 7) is 3.23. The van der Waals surface area contributed by atoms with Crippen LogP contribution in [0.2, 0.25) is 0 Å². The minimum Gasteiger partial charge on any atom is -0.378 e. The first kappa shape index (κ1) is 21.9. The van der Waals surface area contributed by atoms with E-state index in [1.165, 1.54) is 31.9 Å². The molecule has 3 fully saturated rings. The fourth-order valence-corrected chi connectivity index (χ4v) is 5.93. The summed E-state index contributed by atoms with van der Waals surface area (Å²) >= 11 is 0. The Kier molecular flexibility index (Phi) is 7.77. The molecule has 152 valence electrons. The predicted molar refractivity (Wildman–Crippen MR) is 104 cm³/mol. The van der Waals surface area contributed by atoms with Crippen molar-refractivity contribution in [3.05, 3.63) is 0 Å². The van der Waals surface area contributed by atoms with Gasteiger partial charge in [-0.05, 0) is 57.5 Å². The van der Waals surface area contributed by atoms with Gasteiger partial charge in [-0.1, -0.05) is 12.8 Å². The number of carbonyl (C=O) groups is 1. The van der Waals surface area contributed by atoms with Gasteiger partial charge >= 0.3 is 0 Å². The maximum Gasteiger partial charge on any atom is 0.244 e. The van der Waals surface area contributed by atoms with E-state index in [1.54, 1.807) is 4.90 Å². The highest BCUT2D eigenvalue weighted by atomic mass is 35.5. The molecule has 0 aromatic heterocycles. The fraction of sp³-hybridized carbons (Fsp3) is 0.944. The van der Waals surface area contributed by atoms with E-state index >= 15 is 0 Å². The van der Waals surface area contributed by atoms with Crippen molar-refractivity contribution in [1.82, 2.24) is 10.2 Å². The van der Waals surface area contributed by atoms with Crippen molar-refractivity contribution in [2.75, 3.05) is 39.0 Å². The molecule has 0 aromatic rings. The van der Waals surface area contributed by atoms with E-state index in [0.29, 0.717) is 44.9 Å². The summed E-state index contributed by atoms with van der Waals surface area (Å²) in [5.41, 5.74) is 0. The Morgan fingerprint density at radius 1 is 1.12 bits per heavy atom. The molecule has 0 unspecified atom stereocenters. The lowest BCUT2D eigenvalue weighted by molar-refractivity contribution is -0.137. The summed E-state index contributed by atoms with van der Waals surface area (Å²) in [6, 6.07) is 0. The first-order chi connectivity index (χ1) is 11.9. The maximum absolute atomic E-state index is 13.1. The number of likely N-dealkylation sites (tertiary alicyclic amines) is 1. The van der Waals surface area contributed by atoms with Crippen molar-refractivity contribution in [1.29, 1.82) is 0 Å². The third kappa shape index (κ3) is 4.72. The summed E-state index contributed by atoms with van der Waals surface area (Å²) in [5.74, 6) is 0.522. The molecule has 2 heterocycles. The quantitative estimate of drug-likeness (QED) is 0.750. The number of amides is 1. The van der Waals surface area contributed by atoms with E-state index < -0.39 is 14.6 Å². The lowest BCUT2D eigenvalue weighted by Crippen LogP contribution is -2.59. The topological polar surface area (TPSA) is 75.7 Å². The standard InChI is InChI=1S/C18H32N2O4S.ClH/c1-25(22,23)18(8-10-19-11-9-18)17(21)20-12-6-16(7-13-20)24-14-15-4-2-3-5-15;/h15-16,19H,2-14H2,1H3;1H. The van der Waals surface area contributed by atoms with E-state index in [1.807, 2.05) is 0 Å². The minimum atomic E-state index is -3.43. The molecule has 0 spiro atoms. The Bertz CT molecular complexity index is 564. The van der Waals surface area contributed by atoms with Gasteiger partial charge in [0.1, 0.15) is 0 Å². The Balaban J connectivity index is 0.00000243. The van der Waals surface area contributed by atoms with Gasteiger partial charge in [-0.25, -0.2) is 8.42 Å². The van der Waals surface area contributed by atoms with Crippen molar-refractivity contribution in [2.45, 2.75) is 62.2 Å². The van der Waals surface area contributed by atoms with Crippen LogP contribution in [-0.4, -0.2) is 69.1 Å². The summed E-state index contributed by atoms with van der Waals surface area (Å²) in [6.07, 6.45) is 9.02. The molecule has 3 aliphatic rings. The number of ether oxygens (including phenoxy) is 1. The average molecular weight is 409 g/mol. The molecule has 0 bridgehead atoms. The van der Waals surface area contributed by atoms with Crippen LogP contribution in [0.5, 0.6) is 0 Å². The van der Waals surface area contributed by atoms with Crippen molar-refractivity contribution in [3.63, 3.8) is 0 Å². The van der Waals surface area contributed by atoms with Crippen LogP contribution in [0.1, 0.15) is 51.4 Å². The van der Waals surface area contributed by atoms with Crippen LogP contribution in [0.25, 0.3) is 0 Å². The van der Waals surface area contributed by atoms with Crippen LogP contribution in [0.15, 0.2) is 0 Å². The second kappa shape index (κ2) is 9.22. The highest BCUT2D eigenvalue weighted by Crippen LogP contribution is 2.32. The largest absolute Gasteiger partial charge is 0.378 e. The molecule has 1 N–H and O–H groups in total. The third-order valence-corrected chi connectivity index (χ3v) is 8.28. The molecule has 0 radical (unpaired) electrons. The third-order valence-electron chi connectivity index (χ3n) is 6.28. The molecule has 3 rings (SSSR count). The number of hydrogen-bond acceptors (Lipinski definition) is 5. The maximum atomic E-state index is 13.1. The van der Waals surface area contributed by atoms with E-state index in [-0.39, 0.29) is 24.4 Å². The summed E-state index contributed by atoms with van der Waals surface area (Å²) in [5, 5.41) is 3.16. The average Bonchev–Trinajstić information content (AvgIpc) is 3.13. The number of halogens is 1. The Morgan fingerprint density at radius 2 is 1.69 bits per heavy atom. The second-order valence-electron chi connectivity index (χ2n) is 7.99. The SMILES string of the molecule is CS(=O)(=O)C1(C(=O)N2CCC(OCC3CCCC3)CC2)CCNCC1.Cl. The number of sulfone groups is 1. The predicted octanol–water partition coefficient (Wildman–Crippen LogP) is 1.77. The lowest BCUT2D eigenvalue weighted by Gasteiger charge is -2.41. The van der Waals surface area contributed by atoms with Gasteiger partial charge in [-0.3, -0.25) is 4.79 Å². The van der Waals surface area contributed by atoms with Gasteiger partial charge in [0.2, 0.25) is 5.91 Å². The van der Waals surface area contributed by atoms with Gasteiger partial charge < -0.3 is 15.0 Å². The molecule has 1 amide bonds. The molecule has 6 nitrogen and oxygen atoms in total. The van der Waals surface area contributed by atoms with Crippen LogP contribution < -0.4 is 5.32 Å². The Hall–Kier alpha value is -0.370. The van der Waals surface area contributed by atoms with Gasteiger partial charge in [0.15, 0.2) is 14.6 Å². The van der Waals surface area contributed by atoms with Crippen LogP contribution in [0.4, 0.5) is 0 Å². The molecule has 26 heavy (non-hydrogen) atoms. The summed E-state index contributed by atoms with van der Waals surface area (Å²) in [4.78, 5) is 14.8. The first-order valence-electron chi connectivity index (χ1n) is 9.74. The zero-order chi connectivity index (χ0) is 17.9. The molecule has 1 saturated carbocycles. The van der Waals surface area contributed by atoms with E-state index in [9.17, 15) is 13.2 Å². The van der Waals surface area contributed by atoms with Gasteiger partial charge in [0, 0.05) is 26.0 Å². The number of nitrogens with one attached hydrogen (secondary N) is 1. The molecular formula is C18H33ClN2O4S. The van der Waals surface area contributed by atoms with Gasteiger partial charge in [0.25, 0.3) is 0 Å². The lowest BCUT2D eigenvalue weighted by atomic mass is 9.94. The summed E-state index contributed by atoms with van der Waals surface area (Å²) in [7, 11) is -3.43. The summed E-state index contributed by atoms with van der Waals surface area (Å²) < 4.78 is 29.7. The van der Waals surface area contributed by atoms with Gasteiger partial charge in [0.05, 0.1) is 6.10 Å². The number of piperidine rings is 2. The number of carbonyl (C=O) groups excluding carboxylic acids is 1. The smallest absolute Gasteiger partial charge is 0.244 e. The van der Waals surface area contributed by atoms with Gasteiger partial charge in [-0.15, -0.1) is 12.4 Å². The number of nitrogens with zero attached hydrogens (tertiary/aromatic N) is 1. The molecular weight excluding hydrogens is 376 g/mol. The normalized spacial score (nSPS) is 25.0. The highest BCUT2D eigenvalue weighted by molar-refractivity contribution is 7.92. The fourth-order valence-electron chi connectivity index (χ4n) is 4.54. The van der Waals surface area contributed by atoms with Gasteiger partial charge in [-0.2, -0.15) is 0 Å². The number of rotatable bonds is 5. The number of hydrogen-bond donors (Lipinski definition) is 1. The van der Waals surface area contributed by atoms with Crippen molar-refractivity contribution < 1.29 is 17.9 Å². The first-order valence-corrected chi connectivity index (χ1v) is 11.6. The second-order valence-corrected chi connectivity index (χ2v) is 10.3. The minimum absolute atomic E-state index is 0. The molecule has 2 saturated heterocycles. The van der Waals surface area contributed by atoms with Crippen molar-refractivity contribution in [2.24, 2.45) is 5.92 Å². The molecule has 8 heteroatoms. The van der Waals surface area contributed by atoms with Crippen LogP contribution in [-0.2, 0) is 19.4 Å². The highest BCUT2D eigenvalue weighted by Gasteiger charge is 2.50. The van der Waals surface area contributed by atoms with E-state index in [4.69, 9.17) is 4.74 Å². The zero-order valence-electron chi connectivity index (χ0n) is 15.7. The molecule has 0 aromatic carbocycles. The molecule has 2 aliphatic heterocycles. The molecule has 1 aliphatic carbocycles. The van der Waals surface area contributed by atoms with Crippen LogP contribution in [0.3, 0.4) is 0 Å². The molecule has 0 atom stereocenters. The zero-order valence-corrected chi connectivity index (χ0v) is 17.4. The van der Waals surface area contributed by atoms with Crippen LogP contribution in [0, 0.1) is 5.92 Å². The van der Waals surface area contributed by atoms with E-state index in [2.05, 4.69) is 5.32 Å². The van der Waals surface area contributed by atoms with E-state index in [0.717, 1.165) is 19.4 Å². The van der Waals surface area contributed by atoms with Crippen molar-refractivity contribution >= 4 is 28.2 Å². The Labute approximate surface area is 163 Å². The van der Waals surface area contributed by atoms with Crippen molar-refractivity contribution in [3.8, 4) is 0 Å². The van der Waals surface area contributed by atoms with Crippen LogP contribution >= 0.6 is 12.4 Å². The monoisotopic (exact) mass is 408 g/mol.